The second-order valence-electron chi connectivity index (χ2n) is 4.67. The Labute approximate surface area is 131 Å². The Morgan fingerprint density at radius 2 is 2.29 bits per heavy atom. The number of hydrogen-bond donors (Lipinski definition) is 0. The maximum Gasteiger partial charge on any atom is 0.315 e. The molecule has 1 aliphatic heterocycles. The molecule has 0 unspecified atom stereocenters. The first-order chi connectivity index (χ1) is 10.0. The topological polar surface area (TPSA) is 46.6 Å². The SMILES string of the molecule is COC(=O)CS[C@@H]1CCN(C(=O)c2ccc(F)cc2Cl)C1. The standard InChI is InChI=1S/C14H15ClFNO3S/c1-20-13(18)8-21-10-4-5-17(7-10)14(19)11-3-2-9(16)6-12(11)15/h2-3,6,10H,4-5,7-8H2,1H3/t10-/m1/s1. The van der Waals surface area contributed by atoms with Crippen molar-refractivity contribution >= 4 is 35.2 Å². The molecule has 114 valence electrons. The highest BCUT2D eigenvalue weighted by molar-refractivity contribution is 8.00. The minimum Gasteiger partial charge on any atom is -0.468 e. The van der Waals surface area contributed by atoms with Crippen LogP contribution in [0.4, 0.5) is 4.39 Å². The predicted molar refractivity (Wildman–Crippen MR) is 80.2 cm³/mol. The molecule has 0 radical (unpaired) electrons. The first-order valence-electron chi connectivity index (χ1n) is 6.44. The molecule has 21 heavy (non-hydrogen) atoms. The first-order valence-corrected chi connectivity index (χ1v) is 7.86. The number of halogens is 2. The van der Waals surface area contributed by atoms with Gasteiger partial charge in [-0.3, -0.25) is 9.59 Å². The fraction of sp³-hybridized carbons (Fsp3) is 0.429. The molecule has 1 aliphatic rings. The third-order valence-electron chi connectivity index (χ3n) is 3.26. The summed E-state index contributed by atoms with van der Waals surface area (Å²) < 4.78 is 17.6. The molecule has 7 heteroatoms. The highest BCUT2D eigenvalue weighted by Gasteiger charge is 2.28. The van der Waals surface area contributed by atoms with Gasteiger partial charge in [0.2, 0.25) is 0 Å². The highest BCUT2D eigenvalue weighted by atomic mass is 35.5. The zero-order valence-electron chi connectivity index (χ0n) is 11.5. The van der Waals surface area contributed by atoms with Crippen molar-refractivity contribution in [3.8, 4) is 0 Å². The number of thioether (sulfide) groups is 1. The summed E-state index contributed by atoms with van der Waals surface area (Å²) in [6.07, 6.45) is 0.812. The average Bonchev–Trinajstić information content (AvgIpc) is 2.93. The number of hydrogen-bond acceptors (Lipinski definition) is 4. The van der Waals surface area contributed by atoms with E-state index in [2.05, 4.69) is 4.74 Å². The van der Waals surface area contributed by atoms with Crippen LogP contribution in [-0.4, -0.2) is 48.0 Å². The molecule has 1 saturated heterocycles. The van der Waals surface area contributed by atoms with E-state index >= 15 is 0 Å². The lowest BCUT2D eigenvalue weighted by atomic mass is 10.2. The van der Waals surface area contributed by atoms with Crippen molar-refractivity contribution in [3.63, 3.8) is 0 Å². The third kappa shape index (κ3) is 4.11. The Balaban J connectivity index is 1.94. The molecule has 1 fully saturated rings. The summed E-state index contributed by atoms with van der Waals surface area (Å²) in [5, 5.41) is 0.318. The van der Waals surface area contributed by atoms with Gasteiger partial charge in [0.25, 0.3) is 5.91 Å². The number of nitrogens with zero attached hydrogens (tertiary/aromatic N) is 1. The Morgan fingerprint density at radius 1 is 1.52 bits per heavy atom. The summed E-state index contributed by atoms with van der Waals surface area (Å²) in [6, 6.07) is 3.75. The van der Waals surface area contributed by atoms with Gasteiger partial charge in [-0.05, 0) is 24.6 Å². The molecule has 0 spiro atoms. The fourth-order valence-corrected chi connectivity index (χ4v) is 3.42. The van der Waals surface area contributed by atoms with Gasteiger partial charge in [-0.15, -0.1) is 11.8 Å². The lowest BCUT2D eigenvalue weighted by molar-refractivity contribution is -0.137. The molecule has 1 heterocycles. The molecule has 0 saturated carbocycles. The zero-order valence-corrected chi connectivity index (χ0v) is 13.0. The second kappa shape index (κ2) is 7.13. The van der Waals surface area contributed by atoms with E-state index in [1.807, 2.05) is 0 Å². The van der Waals surface area contributed by atoms with Crippen molar-refractivity contribution in [2.24, 2.45) is 0 Å². The van der Waals surface area contributed by atoms with E-state index < -0.39 is 5.82 Å². The van der Waals surface area contributed by atoms with Crippen molar-refractivity contribution < 1.29 is 18.7 Å². The van der Waals surface area contributed by atoms with Crippen molar-refractivity contribution in [2.45, 2.75) is 11.7 Å². The molecule has 1 aromatic rings. The normalized spacial score (nSPS) is 17.9. The van der Waals surface area contributed by atoms with E-state index in [1.165, 1.54) is 31.0 Å². The summed E-state index contributed by atoms with van der Waals surface area (Å²) in [5.74, 6) is -0.669. The van der Waals surface area contributed by atoms with E-state index in [0.29, 0.717) is 18.7 Å². The number of methoxy groups -OCH3 is 1. The van der Waals surface area contributed by atoms with Crippen molar-refractivity contribution in [1.29, 1.82) is 0 Å². The van der Waals surface area contributed by atoms with Gasteiger partial charge in [0.1, 0.15) is 5.82 Å². The molecule has 1 atom stereocenters. The number of benzene rings is 1. The maximum absolute atomic E-state index is 13.0. The fourth-order valence-electron chi connectivity index (χ4n) is 2.13. The Kier molecular flexibility index (Phi) is 5.47. The van der Waals surface area contributed by atoms with Crippen LogP contribution >= 0.6 is 23.4 Å². The van der Waals surface area contributed by atoms with E-state index in [9.17, 15) is 14.0 Å². The molecule has 0 bridgehead atoms. The van der Waals surface area contributed by atoms with Crippen LogP contribution in [0.15, 0.2) is 18.2 Å². The van der Waals surface area contributed by atoms with Crippen molar-refractivity contribution in [1.82, 2.24) is 4.90 Å². The zero-order chi connectivity index (χ0) is 15.4. The van der Waals surface area contributed by atoms with Gasteiger partial charge < -0.3 is 9.64 Å². The minimum atomic E-state index is -0.468. The van der Waals surface area contributed by atoms with Crippen LogP contribution in [0.5, 0.6) is 0 Å². The Bertz CT molecular complexity index is 555. The van der Waals surface area contributed by atoms with Crippen LogP contribution < -0.4 is 0 Å². The van der Waals surface area contributed by atoms with Crippen molar-refractivity contribution in [3.05, 3.63) is 34.6 Å². The molecule has 4 nitrogen and oxygen atoms in total. The van der Waals surface area contributed by atoms with Crippen LogP contribution in [0.1, 0.15) is 16.8 Å². The lowest BCUT2D eigenvalue weighted by Gasteiger charge is -2.17. The lowest BCUT2D eigenvalue weighted by Crippen LogP contribution is -2.29. The summed E-state index contributed by atoms with van der Waals surface area (Å²) >= 11 is 7.39. The van der Waals surface area contributed by atoms with Gasteiger partial charge in [0.15, 0.2) is 0 Å². The van der Waals surface area contributed by atoms with Gasteiger partial charge in [0, 0.05) is 18.3 Å². The van der Waals surface area contributed by atoms with Gasteiger partial charge in [-0.1, -0.05) is 11.6 Å². The molecular formula is C14H15ClFNO3S. The molecule has 1 amide bonds. The molecule has 0 N–H and O–H groups in total. The van der Waals surface area contributed by atoms with Crippen LogP contribution in [0.2, 0.25) is 5.02 Å². The van der Waals surface area contributed by atoms with Crippen LogP contribution in [0.3, 0.4) is 0 Å². The first kappa shape index (κ1) is 16.1. The average molecular weight is 332 g/mol. The predicted octanol–water partition coefficient (Wildman–Crippen LogP) is 2.60. The summed E-state index contributed by atoms with van der Waals surface area (Å²) in [6.45, 7) is 1.15. The smallest absolute Gasteiger partial charge is 0.315 e. The Morgan fingerprint density at radius 3 is 2.95 bits per heavy atom. The monoisotopic (exact) mass is 331 g/mol. The number of likely N-dealkylation sites (tertiary alicyclic amines) is 1. The van der Waals surface area contributed by atoms with E-state index in [-0.39, 0.29) is 27.9 Å². The van der Waals surface area contributed by atoms with E-state index in [1.54, 1.807) is 4.90 Å². The largest absolute Gasteiger partial charge is 0.468 e. The van der Waals surface area contributed by atoms with Gasteiger partial charge in [-0.2, -0.15) is 0 Å². The number of ether oxygens (including phenoxy) is 1. The third-order valence-corrected chi connectivity index (χ3v) is 4.83. The number of rotatable bonds is 4. The number of amides is 1. The van der Waals surface area contributed by atoms with Gasteiger partial charge in [-0.25, -0.2) is 4.39 Å². The summed E-state index contributed by atoms with van der Waals surface area (Å²) in [7, 11) is 1.35. The summed E-state index contributed by atoms with van der Waals surface area (Å²) in [5.41, 5.74) is 0.302. The molecular weight excluding hydrogens is 317 g/mol. The summed E-state index contributed by atoms with van der Waals surface area (Å²) in [4.78, 5) is 25.1. The number of carbonyl (C=O) groups is 2. The van der Waals surface area contributed by atoms with E-state index in [0.717, 1.165) is 12.5 Å². The number of carbonyl (C=O) groups excluding carboxylic acids is 2. The quantitative estimate of drug-likeness (QED) is 0.796. The number of esters is 1. The van der Waals surface area contributed by atoms with E-state index in [4.69, 9.17) is 11.6 Å². The second-order valence-corrected chi connectivity index (χ2v) is 6.37. The Hall–Kier alpha value is -1.27. The molecule has 1 aromatic carbocycles. The molecule has 0 aromatic heterocycles. The van der Waals surface area contributed by atoms with Crippen LogP contribution in [0.25, 0.3) is 0 Å². The minimum absolute atomic E-state index is 0.116. The molecule has 2 rings (SSSR count). The van der Waals surface area contributed by atoms with Crippen LogP contribution in [-0.2, 0) is 9.53 Å². The maximum atomic E-state index is 13.0. The van der Waals surface area contributed by atoms with Crippen LogP contribution in [0, 0.1) is 5.82 Å². The van der Waals surface area contributed by atoms with Gasteiger partial charge in [0.05, 0.1) is 23.4 Å². The van der Waals surface area contributed by atoms with Crippen molar-refractivity contribution in [2.75, 3.05) is 26.0 Å². The molecule has 0 aliphatic carbocycles. The highest BCUT2D eigenvalue weighted by Crippen LogP contribution is 2.26. The van der Waals surface area contributed by atoms with Gasteiger partial charge >= 0.3 is 5.97 Å².